The highest BCUT2D eigenvalue weighted by atomic mass is 32.2. The first-order valence-corrected chi connectivity index (χ1v) is 17.1. The van der Waals surface area contributed by atoms with Crippen molar-refractivity contribution in [2.45, 2.75) is 96.2 Å². The number of benzene rings is 1. The fourth-order valence-electron chi connectivity index (χ4n) is 5.31. The molecule has 1 heterocycles. The van der Waals surface area contributed by atoms with Crippen LogP contribution in [0, 0.1) is 11.8 Å². The summed E-state index contributed by atoms with van der Waals surface area (Å²) in [6, 6.07) is 7.99. The molecule has 0 aromatic heterocycles. The maximum atomic E-state index is 13.4. The van der Waals surface area contributed by atoms with Crippen LogP contribution in [0.25, 0.3) is 0 Å². The Balaban J connectivity index is 1.38. The second-order valence-corrected chi connectivity index (χ2v) is 14.1. The molecule has 1 saturated heterocycles. The maximum absolute atomic E-state index is 13.4. The zero-order valence-corrected chi connectivity index (χ0v) is 27.3. The first-order chi connectivity index (χ1) is 21.3. The van der Waals surface area contributed by atoms with E-state index in [0.717, 1.165) is 24.8 Å². The van der Waals surface area contributed by atoms with Crippen molar-refractivity contribution in [3.63, 3.8) is 0 Å². The Hall–Kier alpha value is -3.58. The highest BCUT2D eigenvalue weighted by Gasteiger charge is 2.42. The van der Waals surface area contributed by atoms with E-state index in [1.54, 1.807) is 20.8 Å². The lowest BCUT2D eigenvalue weighted by Crippen LogP contribution is -2.52. The molecule has 4 atom stereocenters. The summed E-state index contributed by atoms with van der Waals surface area (Å²) in [4.78, 5) is 55.4. The molecule has 1 aromatic rings. The molecule has 0 radical (unpaired) electrons. The van der Waals surface area contributed by atoms with Crippen LogP contribution in [-0.4, -0.2) is 74.6 Å². The molecule has 2 fully saturated rings. The van der Waals surface area contributed by atoms with Crippen LogP contribution >= 0.6 is 0 Å². The molecule has 1 saturated carbocycles. The molecule has 1 aliphatic heterocycles. The summed E-state index contributed by atoms with van der Waals surface area (Å²) in [6.07, 6.45) is 9.01. The monoisotopic (exact) mass is 645 g/mol. The lowest BCUT2D eigenvalue weighted by atomic mass is 10.0. The summed E-state index contributed by atoms with van der Waals surface area (Å²) in [5.74, 6) is -1.64. The average Bonchev–Trinajstić information content (AvgIpc) is 3.58. The first kappa shape index (κ1) is 35.9. The number of likely N-dealkylation sites (tertiary alicyclic amines) is 1. The Morgan fingerprint density at radius 1 is 1.13 bits per heavy atom. The molecule has 4 amide bonds. The minimum Gasteiger partial charge on any atom is -0.444 e. The van der Waals surface area contributed by atoms with Crippen LogP contribution in [0.15, 0.2) is 47.5 Å². The molecule has 1 aliphatic carbocycles. The summed E-state index contributed by atoms with van der Waals surface area (Å²) in [5, 5.41) is 2.69. The summed E-state index contributed by atoms with van der Waals surface area (Å²) in [5.41, 5.74) is 0.275. The van der Waals surface area contributed by atoms with Crippen LogP contribution in [0.1, 0.15) is 77.7 Å². The van der Waals surface area contributed by atoms with Gasteiger partial charge in [-0.1, -0.05) is 55.3 Å². The van der Waals surface area contributed by atoms with Crippen molar-refractivity contribution in [1.82, 2.24) is 19.7 Å². The van der Waals surface area contributed by atoms with E-state index in [4.69, 9.17) is 4.74 Å². The second kappa shape index (κ2) is 16.6. The number of carbonyl (C=O) groups excluding carboxylic acids is 4. The van der Waals surface area contributed by atoms with Gasteiger partial charge in [-0.2, -0.15) is 13.1 Å². The van der Waals surface area contributed by atoms with Gasteiger partial charge in [0.15, 0.2) is 0 Å². The Kier molecular flexibility index (Phi) is 13.3. The predicted octanol–water partition coefficient (Wildman–Crippen LogP) is 3.43. The number of unbranched alkanes of at least 4 members (excludes halogenated alkanes) is 3. The van der Waals surface area contributed by atoms with E-state index in [1.807, 2.05) is 42.5 Å². The molecule has 2 aliphatic rings. The van der Waals surface area contributed by atoms with Gasteiger partial charge in [-0.05, 0) is 83.9 Å². The molecular weight excluding hydrogens is 598 g/mol. The number of ether oxygens (including phenoxy) is 1. The molecular formula is C32H47N5O7S. The summed E-state index contributed by atoms with van der Waals surface area (Å²) >= 11 is 0. The van der Waals surface area contributed by atoms with Gasteiger partial charge in [0.05, 0.1) is 0 Å². The van der Waals surface area contributed by atoms with Crippen LogP contribution in [-0.2, 0) is 35.8 Å². The van der Waals surface area contributed by atoms with Crippen LogP contribution < -0.4 is 14.8 Å². The predicted molar refractivity (Wildman–Crippen MR) is 171 cm³/mol. The number of nitrogens with zero attached hydrogens (tertiary/aromatic N) is 2. The topological polar surface area (TPSA) is 163 Å². The molecule has 45 heavy (non-hydrogen) atoms. The highest BCUT2D eigenvalue weighted by molar-refractivity contribution is 7.88. The molecule has 3 rings (SSSR count). The molecule has 248 valence electrons. The third kappa shape index (κ3) is 12.4. The van der Waals surface area contributed by atoms with Gasteiger partial charge in [-0.15, -0.1) is 0 Å². The lowest BCUT2D eigenvalue weighted by molar-refractivity contribution is -0.139. The van der Waals surface area contributed by atoms with Gasteiger partial charge in [0.2, 0.25) is 11.8 Å². The molecule has 1 unspecified atom stereocenters. The summed E-state index contributed by atoms with van der Waals surface area (Å²) in [6.45, 7) is 9.13. The van der Waals surface area contributed by atoms with Crippen LogP contribution in [0.5, 0.6) is 0 Å². The van der Waals surface area contributed by atoms with Crippen molar-refractivity contribution in [1.29, 1.82) is 0 Å². The van der Waals surface area contributed by atoms with E-state index in [-0.39, 0.29) is 24.3 Å². The van der Waals surface area contributed by atoms with Gasteiger partial charge in [0, 0.05) is 19.0 Å². The van der Waals surface area contributed by atoms with Crippen LogP contribution in [0.2, 0.25) is 0 Å². The first-order valence-electron chi connectivity index (χ1n) is 15.6. The van der Waals surface area contributed by atoms with Gasteiger partial charge in [0.25, 0.3) is 5.91 Å². The van der Waals surface area contributed by atoms with Gasteiger partial charge in [0.1, 0.15) is 17.7 Å². The van der Waals surface area contributed by atoms with Crippen molar-refractivity contribution >= 4 is 40.7 Å². The van der Waals surface area contributed by atoms with Crippen molar-refractivity contribution < 1.29 is 32.3 Å². The van der Waals surface area contributed by atoms with E-state index in [9.17, 15) is 27.6 Å². The minimum absolute atomic E-state index is 0.00530. The molecule has 1 aromatic carbocycles. The SMILES string of the molecule is C=NC(=O)[C@@H]1CCCN1C(=O)[C@H](CCCCC/C=C\C1C[C@@H]1C(=O)NS(=O)(=O)NCCc1ccccc1)NC(=O)OC(C)(C)C. The van der Waals surface area contributed by atoms with Crippen molar-refractivity contribution in [3.05, 3.63) is 48.0 Å². The Morgan fingerprint density at radius 2 is 1.87 bits per heavy atom. The Labute approximate surface area is 266 Å². The Bertz CT molecular complexity index is 1330. The molecule has 0 bridgehead atoms. The highest BCUT2D eigenvalue weighted by Crippen LogP contribution is 2.40. The number of allylic oxidation sites excluding steroid dienone is 2. The van der Waals surface area contributed by atoms with Crippen LogP contribution in [0.4, 0.5) is 4.79 Å². The van der Waals surface area contributed by atoms with Crippen molar-refractivity contribution in [2.75, 3.05) is 13.1 Å². The zero-order chi connectivity index (χ0) is 33.0. The molecule has 12 nitrogen and oxygen atoms in total. The van der Waals surface area contributed by atoms with E-state index in [1.165, 1.54) is 4.90 Å². The number of hydrogen-bond acceptors (Lipinski definition) is 7. The van der Waals surface area contributed by atoms with E-state index in [2.05, 4.69) is 26.5 Å². The van der Waals surface area contributed by atoms with Crippen molar-refractivity contribution in [2.24, 2.45) is 16.8 Å². The standard InChI is InChI=1S/C32H47N5O7S/c1-32(2,3)44-31(41)35-26(30(40)37-21-13-18-27(37)29(39)33-4)17-12-7-5-6-11-16-24-22-25(24)28(38)36-45(42,43)34-20-19-23-14-9-8-10-15-23/h8-11,14-16,24-27,34H,4-7,12-13,17-22H2,1-3H3,(H,35,41)(H,36,38)/b16-11-/t24?,25-,26-,27-/m0/s1. The largest absolute Gasteiger partial charge is 0.444 e. The third-order valence-corrected chi connectivity index (χ3v) is 8.73. The normalized spacial score (nSPS) is 20.4. The molecule has 0 spiro atoms. The summed E-state index contributed by atoms with van der Waals surface area (Å²) < 4.78 is 34.4. The minimum atomic E-state index is -3.92. The van der Waals surface area contributed by atoms with Gasteiger partial charge in [-0.25, -0.2) is 14.5 Å². The third-order valence-electron chi connectivity index (χ3n) is 7.67. The maximum Gasteiger partial charge on any atom is 0.408 e. The number of amides is 4. The van der Waals surface area contributed by atoms with E-state index in [0.29, 0.717) is 45.1 Å². The van der Waals surface area contributed by atoms with Crippen molar-refractivity contribution in [3.8, 4) is 0 Å². The number of carbonyl (C=O) groups is 4. The number of aliphatic imine (C=N–C) groups is 1. The summed E-state index contributed by atoms with van der Waals surface area (Å²) in [7, 11) is -3.92. The smallest absolute Gasteiger partial charge is 0.408 e. The van der Waals surface area contributed by atoms with Gasteiger partial charge < -0.3 is 15.0 Å². The molecule has 3 N–H and O–H groups in total. The van der Waals surface area contributed by atoms with E-state index < -0.39 is 45.8 Å². The average molecular weight is 646 g/mol. The fourth-order valence-corrected chi connectivity index (χ4v) is 6.17. The molecule has 13 heteroatoms. The number of rotatable bonds is 16. The van der Waals surface area contributed by atoms with Crippen LogP contribution in [0.3, 0.4) is 0 Å². The number of hydrogen-bond donors (Lipinski definition) is 3. The number of nitrogens with one attached hydrogen (secondary N) is 3. The van der Waals surface area contributed by atoms with E-state index >= 15 is 0 Å². The zero-order valence-electron chi connectivity index (χ0n) is 26.5. The Morgan fingerprint density at radius 3 is 2.56 bits per heavy atom. The second-order valence-electron chi connectivity index (χ2n) is 12.6. The lowest BCUT2D eigenvalue weighted by Gasteiger charge is -2.28. The van der Waals surface area contributed by atoms with Gasteiger partial charge >= 0.3 is 16.3 Å². The fraction of sp³-hybridized carbons (Fsp3) is 0.594. The quantitative estimate of drug-likeness (QED) is 0.141. The number of alkyl carbamates (subject to hydrolysis) is 1. The van der Waals surface area contributed by atoms with Gasteiger partial charge in [-0.3, -0.25) is 14.4 Å².